The molecule has 0 N–H and O–H groups in total. The number of nitro benzene ring substituents is 2. The van der Waals surface area contributed by atoms with E-state index in [9.17, 15) is 25.5 Å². The second-order valence-corrected chi connectivity index (χ2v) is 5.44. The first-order valence-corrected chi connectivity index (χ1v) is 7.38. The maximum Gasteiger partial charge on any atom is 0.278 e. The van der Waals surface area contributed by atoms with Crippen LogP contribution in [-0.4, -0.2) is 19.6 Å². The summed E-state index contributed by atoms with van der Waals surface area (Å²) in [5.74, 6) is 0. The molecule has 0 radical (unpaired) electrons. The van der Waals surface area contributed by atoms with Crippen molar-refractivity contribution < 1.29 is 9.85 Å². The van der Waals surface area contributed by atoms with Gasteiger partial charge in [-0.3, -0.25) is 24.9 Å². The van der Waals surface area contributed by atoms with E-state index >= 15 is 0 Å². The van der Waals surface area contributed by atoms with Gasteiger partial charge in [0.25, 0.3) is 11.4 Å². The molecule has 0 saturated carbocycles. The summed E-state index contributed by atoms with van der Waals surface area (Å²) in [5, 5.41) is 36.5. The highest BCUT2D eigenvalue weighted by Gasteiger charge is 2.22. The molecule has 0 aliphatic carbocycles. The highest BCUT2D eigenvalue weighted by Crippen LogP contribution is 2.34. The van der Waals surface area contributed by atoms with Crippen LogP contribution in [-0.2, 0) is 7.05 Å². The van der Waals surface area contributed by atoms with Crippen LogP contribution in [0.5, 0.6) is 0 Å². The molecule has 0 aliphatic rings. The van der Waals surface area contributed by atoms with E-state index in [2.05, 4.69) is 5.10 Å². The molecule has 26 heavy (non-hydrogen) atoms. The molecule has 0 amide bonds. The van der Waals surface area contributed by atoms with Crippen molar-refractivity contribution in [3.05, 3.63) is 74.0 Å². The summed E-state index contributed by atoms with van der Waals surface area (Å²) in [7, 11) is 1.69. The van der Waals surface area contributed by atoms with Gasteiger partial charge in [0.2, 0.25) is 0 Å². The van der Waals surface area contributed by atoms with Crippen LogP contribution in [0.25, 0.3) is 22.6 Å². The zero-order valence-corrected chi connectivity index (χ0v) is 13.5. The minimum absolute atomic E-state index is 0.0239. The van der Waals surface area contributed by atoms with E-state index in [0.29, 0.717) is 16.5 Å². The summed E-state index contributed by atoms with van der Waals surface area (Å²) in [6, 6.07) is 10.5. The summed E-state index contributed by atoms with van der Waals surface area (Å²) >= 11 is 0. The van der Waals surface area contributed by atoms with Crippen molar-refractivity contribution in [2.24, 2.45) is 7.05 Å². The number of rotatable bonds is 4. The number of allylic oxidation sites excluding steroid dienone is 1. The standard InChI is InChI=1S/C17H11N5O4/c1-20-15-5-6-16(22(25)26)17(14(15)10-19-20)12(9-18)7-11-3-2-4-13(8-11)21(23)24/h2-8,10H,1H3/b12-7+. The van der Waals surface area contributed by atoms with Crippen LogP contribution in [0.4, 0.5) is 11.4 Å². The van der Waals surface area contributed by atoms with E-state index in [1.165, 1.54) is 36.5 Å². The highest BCUT2D eigenvalue weighted by atomic mass is 16.6. The maximum atomic E-state index is 11.4. The Bertz CT molecular complexity index is 1120. The van der Waals surface area contributed by atoms with Crippen molar-refractivity contribution in [2.75, 3.05) is 0 Å². The van der Waals surface area contributed by atoms with Crippen LogP contribution in [0.1, 0.15) is 11.1 Å². The van der Waals surface area contributed by atoms with Crippen molar-refractivity contribution >= 4 is 33.9 Å². The molecule has 2 aromatic carbocycles. The van der Waals surface area contributed by atoms with Gasteiger partial charge in [-0.15, -0.1) is 0 Å². The Morgan fingerprint density at radius 3 is 2.65 bits per heavy atom. The van der Waals surface area contributed by atoms with Gasteiger partial charge in [-0.1, -0.05) is 12.1 Å². The number of nitrogens with zero attached hydrogens (tertiary/aromatic N) is 5. The molecule has 0 spiro atoms. The number of nitriles is 1. The van der Waals surface area contributed by atoms with Crippen molar-refractivity contribution in [3.63, 3.8) is 0 Å². The molecule has 3 rings (SSSR count). The zero-order valence-electron chi connectivity index (χ0n) is 13.5. The number of hydrogen-bond donors (Lipinski definition) is 0. The normalized spacial score (nSPS) is 11.3. The average molecular weight is 349 g/mol. The lowest BCUT2D eigenvalue weighted by Crippen LogP contribution is -1.96. The molecule has 0 unspecified atom stereocenters. The van der Waals surface area contributed by atoms with E-state index in [1.54, 1.807) is 23.9 Å². The fourth-order valence-electron chi connectivity index (χ4n) is 2.71. The zero-order chi connectivity index (χ0) is 18.8. The van der Waals surface area contributed by atoms with Crippen molar-refractivity contribution in [2.45, 2.75) is 0 Å². The fourth-order valence-corrected chi connectivity index (χ4v) is 2.71. The molecule has 0 atom stereocenters. The molecule has 0 aliphatic heterocycles. The van der Waals surface area contributed by atoms with Gasteiger partial charge < -0.3 is 0 Å². The monoisotopic (exact) mass is 349 g/mol. The van der Waals surface area contributed by atoms with Crippen LogP contribution in [0.2, 0.25) is 0 Å². The van der Waals surface area contributed by atoms with Crippen molar-refractivity contribution in [3.8, 4) is 6.07 Å². The lowest BCUT2D eigenvalue weighted by Gasteiger charge is -2.05. The molecule has 0 fully saturated rings. The Balaban J connectivity index is 2.27. The first-order valence-electron chi connectivity index (χ1n) is 7.38. The minimum atomic E-state index is -0.569. The van der Waals surface area contributed by atoms with Crippen LogP contribution < -0.4 is 0 Å². The molecule has 1 heterocycles. The minimum Gasteiger partial charge on any atom is -0.268 e. The van der Waals surface area contributed by atoms with E-state index < -0.39 is 9.85 Å². The first-order chi connectivity index (χ1) is 12.4. The van der Waals surface area contributed by atoms with Crippen molar-refractivity contribution in [1.82, 2.24) is 9.78 Å². The number of benzene rings is 2. The fraction of sp³-hybridized carbons (Fsp3) is 0.0588. The number of aryl methyl sites for hydroxylation is 1. The second-order valence-electron chi connectivity index (χ2n) is 5.44. The molecular formula is C17H11N5O4. The molecule has 9 nitrogen and oxygen atoms in total. The third-order valence-corrected chi connectivity index (χ3v) is 3.89. The molecular weight excluding hydrogens is 338 g/mol. The van der Waals surface area contributed by atoms with Gasteiger partial charge in [-0.2, -0.15) is 10.4 Å². The van der Waals surface area contributed by atoms with Crippen LogP contribution in [0.3, 0.4) is 0 Å². The third kappa shape index (κ3) is 2.87. The summed E-state index contributed by atoms with van der Waals surface area (Å²) in [6.45, 7) is 0. The number of non-ortho nitro benzene ring substituents is 1. The van der Waals surface area contributed by atoms with Crippen molar-refractivity contribution in [1.29, 1.82) is 5.26 Å². The lowest BCUT2D eigenvalue weighted by atomic mass is 9.98. The van der Waals surface area contributed by atoms with E-state index in [4.69, 9.17) is 0 Å². The number of nitro groups is 2. The molecule has 0 bridgehead atoms. The summed E-state index contributed by atoms with van der Waals surface area (Å²) in [5.41, 5.74) is 0.816. The molecule has 0 saturated heterocycles. The Labute approximate surface area is 146 Å². The Morgan fingerprint density at radius 2 is 2.00 bits per heavy atom. The number of hydrogen-bond acceptors (Lipinski definition) is 6. The smallest absolute Gasteiger partial charge is 0.268 e. The molecule has 128 valence electrons. The Hall–Kier alpha value is -4.06. The van der Waals surface area contributed by atoms with Gasteiger partial charge in [0, 0.05) is 30.6 Å². The summed E-state index contributed by atoms with van der Waals surface area (Å²) in [4.78, 5) is 21.2. The lowest BCUT2D eigenvalue weighted by molar-refractivity contribution is -0.385. The topological polar surface area (TPSA) is 128 Å². The van der Waals surface area contributed by atoms with E-state index in [0.717, 1.165) is 0 Å². The van der Waals surface area contributed by atoms with Gasteiger partial charge in [-0.25, -0.2) is 0 Å². The molecule has 1 aromatic heterocycles. The molecule has 9 heteroatoms. The number of fused-ring (bicyclic) bond motifs is 1. The van der Waals surface area contributed by atoms with Crippen LogP contribution in [0, 0.1) is 31.6 Å². The van der Waals surface area contributed by atoms with Gasteiger partial charge in [0.05, 0.1) is 32.7 Å². The summed E-state index contributed by atoms with van der Waals surface area (Å²) < 4.78 is 1.55. The predicted molar refractivity (Wildman–Crippen MR) is 93.9 cm³/mol. The van der Waals surface area contributed by atoms with E-state index in [1.807, 2.05) is 6.07 Å². The van der Waals surface area contributed by atoms with Gasteiger partial charge >= 0.3 is 0 Å². The van der Waals surface area contributed by atoms with Crippen LogP contribution >= 0.6 is 0 Å². The first kappa shape index (κ1) is 16.8. The van der Waals surface area contributed by atoms with E-state index in [-0.39, 0.29) is 22.5 Å². The van der Waals surface area contributed by atoms with Crippen LogP contribution in [0.15, 0.2) is 42.6 Å². The molecule has 3 aromatic rings. The quantitative estimate of drug-likeness (QED) is 0.307. The predicted octanol–water partition coefficient (Wildman–Crippen LogP) is 3.45. The highest BCUT2D eigenvalue weighted by molar-refractivity contribution is 6.04. The number of aromatic nitrogens is 2. The van der Waals surface area contributed by atoms with Gasteiger partial charge in [0.1, 0.15) is 6.07 Å². The Morgan fingerprint density at radius 1 is 1.23 bits per heavy atom. The third-order valence-electron chi connectivity index (χ3n) is 3.89. The van der Waals surface area contributed by atoms with Gasteiger partial charge in [0.15, 0.2) is 0 Å². The summed E-state index contributed by atoms with van der Waals surface area (Å²) in [6.07, 6.45) is 2.85. The SMILES string of the molecule is Cn1ncc2c(/C(C#N)=C/c3cccc([N+](=O)[O-])c3)c([N+](=O)[O-])ccc21. The second kappa shape index (κ2) is 6.45. The largest absolute Gasteiger partial charge is 0.278 e. The van der Waals surface area contributed by atoms with Gasteiger partial charge in [-0.05, 0) is 17.7 Å². The average Bonchev–Trinajstić information content (AvgIpc) is 3.00. The Kier molecular flexibility index (Phi) is 4.16. The maximum absolute atomic E-state index is 11.4.